The highest BCUT2D eigenvalue weighted by molar-refractivity contribution is 5.66. The van der Waals surface area contributed by atoms with Crippen LogP contribution in [0.25, 0.3) is 0 Å². The molecule has 0 aromatic carbocycles. The number of carbonyl (C=O) groups is 1. The Labute approximate surface area is 174 Å². The van der Waals surface area contributed by atoms with E-state index in [4.69, 9.17) is 5.11 Å². The molecule has 4 N–H and O–H groups in total. The van der Waals surface area contributed by atoms with E-state index < -0.39 is 12.1 Å². The van der Waals surface area contributed by atoms with Gasteiger partial charge in [-0.15, -0.1) is 0 Å². The van der Waals surface area contributed by atoms with Gasteiger partial charge in [0, 0.05) is 6.42 Å². The van der Waals surface area contributed by atoms with E-state index >= 15 is 0 Å². The minimum Gasteiger partial charge on any atom is -0.481 e. The molecule has 0 saturated heterocycles. The first-order valence-corrected chi connectivity index (χ1v) is 11.8. The number of carboxylic acids is 1. The highest BCUT2D eigenvalue weighted by atomic mass is 16.4. The van der Waals surface area contributed by atoms with Crippen molar-refractivity contribution < 1.29 is 25.2 Å². The zero-order valence-electron chi connectivity index (χ0n) is 18.3. The van der Waals surface area contributed by atoms with Crippen LogP contribution in [0.3, 0.4) is 0 Å². The maximum Gasteiger partial charge on any atom is 0.303 e. The summed E-state index contributed by atoms with van der Waals surface area (Å²) in [6, 6.07) is 0. The average Bonchev–Trinajstić information content (AvgIpc) is 3.01. The van der Waals surface area contributed by atoms with E-state index in [2.05, 4.69) is 20.8 Å². The first kappa shape index (κ1) is 21.6. The summed E-state index contributed by atoms with van der Waals surface area (Å²) in [6.45, 7) is 6.72. The third kappa shape index (κ3) is 3.27. The van der Waals surface area contributed by atoms with Crippen LogP contribution in [-0.4, -0.2) is 44.7 Å². The lowest BCUT2D eigenvalue weighted by Gasteiger charge is -2.63. The fourth-order valence-corrected chi connectivity index (χ4v) is 8.68. The Morgan fingerprint density at radius 1 is 1.03 bits per heavy atom. The second-order valence-electron chi connectivity index (χ2n) is 11.4. The van der Waals surface area contributed by atoms with Crippen LogP contribution in [0.1, 0.15) is 78.6 Å². The molecule has 11 atom stereocenters. The van der Waals surface area contributed by atoms with Gasteiger partial charge < -0.3 is 20.4 Å². The van der Waals surface area contributed by atoms with Crippen LogP contribution in [-0.2, 0) is 4.79 Å². The standard InChI is InChI=1S/C24H40O5/c1-13(4-7-21(28)29)16-5-6-17-22-18(12-20(27)24(16,17)3)23(2)9-8-15(25)10-14(23)11-19(22)26/h13-20,22,25-27H,4-12H2,1-3H3,(H,28,29)/t13-,14+,15-,16?,17+,18+,19+,20?,22+,23+,24-/m1/s1. The van der Waals surface area contributed by atoms with Gasteiger partial charge in [0.2, 0.25) is 0 Å². The number of aliphatic hydroxyl groups is 3. The van der Waals surface area contributed by atoms with E-state index in [1.54, 1.807) is 0 Å². The number of hydrogen-bond donors (Lipinski definition) is 4. The van der Waals surface area contributed by atoms with Crippen molar-refractivity contribution in [3.63, 3.8) is 0 Å². The summed E-state index contributed by atoms with van der Waals surface area (Å²) in [5, 5.41) is 42.0. The van der Waals surface area contributed by atoms with Crippen molar-refractivity contribution in [2.24, 2.45) is 46.3 Å². The summed E-state index contributed by atoms with van der Waals surface area (Å²) in [7, 11) is 0. The molecule has 0 bridgehead atoms. The van der Waals surface area contributed by atoms with Crippen molar-refractivity contribution in [1.29, 1.82) is 0 Å². The lowest BCUT2D eigenvalue weighted by molar-refractivity contribution is -0.207. The molecule has 5 nitrogen and oxygen atoms in total. The van der Waals surface area contributed by atoms with Crippen LogP contribution >= 0.6 is 0 Å². The fourth-order valence-electron chi connectivity index (χ4n) is 8.68. The molecule has 4 rings (SSSR count). The van der Waals surface area contributed by atoms with E-state index in [-0.39, 0.29) is 41.3 Å². The van der Waals surface area contributed by atoms with Gasteiger partial charge in [0.05, 0.1) is 18.3 Å². The second kappa shape index (κ2) is 7.49. The van der Waals surface area contributed by atoms with Crippen LogP contribution in [0.15, 0.2) is 0 Å². The molecule has 2 unspecified atom stereocenters. The van der Waals surface area contributed by atoms with Gasteiger partial charge in [-0.1, -0.05) is 20.8 Å². The lowest BCUT2D eigenvalue weighted by atomic mass is 9.43. The Bertz CT molecular complexity index is 637. The number of fused-ring (bicyclic) bond motifs is 5. The van der Waals surface area contributed by atoms with Crippen LogP contribution in [0, 0.1) is 46.3 Å². The molecule has 0 aromatic heterocycles. The Morgan fingerprint density at radius 2 is 1.76 bits per heavy atom. The van der Waals surface area contributed by atoms with Crippen molar-refractivity contribution in [3.8, 4) is 0 Å². The van der Waals surface area contributed by atoms with Crippen molar-refractivity contribution in [3.05, 3.63) is 0 Å². The average molecular weight is 409 g/mol. The van der Waals surface area contributed by atoms with Gasteiger partial charge >= 0.3 is 5.97 Å². The zero-order chi connectivity index (χ0) is 21.1. The Balaban J connectivity index is 1.61. The largest absolute Gasteiger partial charge is 0.481 e. The molecular weight excluding hydrogens is 368 g/mol. The van der Waals surface area contributed by atoms with Crippen LogP contribution < -0.4 is 0 Å². The Morgan fingerprint density at radius 3 is 2.45 bits per heavy atom. The molecule has 0 spiro atoms. The molecule has 166 valence electrons. The molecule has 4 saturated carbocycles. The summed E-state index contributed by atoms with van der Waals surface area (Å²) in [4.78, 5) is 11.1. The highest BCUT2D eigenvalue weighted by Crippen LogP contribution is 2.68. The third-order valence-corrected chi connectivity index (χ3v) is 10.3. The van der Waals surface area contributed by atoms with E-state index in [9.17, 15) is 20.1 Å². The van der Waals surface area contributed by atoms with E-state index in [1.165, 1.54) is 0 Å². The third-order valence-electron chi connectivity index (χ3n) is 10.3. The van der Waals surface area contributed by atoms with Crippen molar-refractivity contribution in [1.82, 2.24) is 0 Å². The van der Waals surface area contributed by atoms with Crippen molar-refractivity contribution >= 4 is 5.97 Å². The molecule has 0 aromatic rings. The van der Waals surface area contributed by atoms with Gasteiger partial charge in [-0.05, 0) is 97.7 Å². The molecule has 29 heavy (non-hydrogen) atoms. The van der Waals surface area contributed by atoms with Gasteiger partial charge in [0.15, 0.2) is 0 Å². The molecule has 0 radical (unpaired) electrons. The first-order chi connectivity index (χ1) is 13.6. The summed E-state index contributed by atoms with van der Waals surface area (Å²) >= 11 is 0. The molecule has 4 fully saturated rings. The summed E-state index contributed by atoms with van der Waals surface area (Å²) in [5.41, 5.74) is -0.143. The topological polar surface area (TPSA) is 98.0 Å². The number of hydrogen-bond acceptors (Lipinski definition) is 4. The monoisotopic (exact) mass is 408 g/mol. The van der Waals surface area contributed by atoms with E-state index in [0.29, 0.717) is 30.1 Å². The lowest BCUT2D eigenvalue weighted by Crippen LogP contribution is -2.62. The summed E-state index contributed by atoms with van der Waals surface area (Å²) in [5.74, 6) is 0.997. The molecule has 0 amide bonds. The van der Waals surface area contributed by atoms with Crippen molar-refractivity contribution in [2.75, 3.05) is 0 Å². The molecule has 4 aliphatic carbocycles. The summed E-state index contributed by atoms with van der Waals surface area (Å²) < 4.78 is 0. The normalized spacial score (nSPS) is 52.9. The number of rotatable bonds is 4. The summed E-state index contributed by atoms with van der Waals surface area (Å²) in [6.07, 6.45) is 6.00. The zero-order valence-corrected chi connectivity index (χ0v) is 18.3. The minimum absolute atomic E-state index is 0.0957. The predicted octanol–water partition coefficient (Wildman–Crippen LogP) is 3.45. The number of carboxylic acid groups (broad SMARTS) is 1. The number of aliphatic carboxylic acids is 1. The minimum atomic E-state index is -0.748. The molecule has 5 heteroatoms. The van der Waals surface area contributed by atoms with E-state index in [1.807, 2.05) is 0 Å². The molecule has 4 aliphatic rings. The molecule has 0 aliphatic heterocycles. The fraction of sp³-hybridized carbons (Fsp3) is 0.958. The van der Waals surface area contributed by atoms with Gasteiger partial charge in [-0.3, -0.25) is 4.79 Å². The number of aliphatic hydroxyl groups excluding tert-OH is 3. The van der Waals surface area contributed by atoms with Crippen LogP contribution in [0.5, 0.6) is 0 Å². The van der Waals surface area contributed by atoms with Gasteiger partial charge in [-0.25, -0.2) is 0 Å². The smallest absolute Gasteiger partial charge is 0.303 e. The van der Waals surface area contributed by atoms with Crippen LogP contribution in [0.4, 0.5) is 0 Å². The predicted molar refractivity (Wildman–Crippen MR) is 110 cm³/mol. The Kier molecular flexibility index (Phi) is 5.57. The SMILES string of the molecule is C[C@H](CCC(=O)O)C1CC[C@H]2[C@@H]3[C@@H](O)C[C@@H]4C[C@H](O)CC[C@]4(C)[C@H]3CC(O)[C@]12C. The van der Waals surface area contributed by atoms with Crippen LogP contribution in [0.2, 0.25) is 0 Å². The van der Waals surface area contributed by atoms with Gasteiger partial charge in [0.1, 0.15) is 0 Å². The second-order valence-corrected chi connectivity index (χ2v) is 11.4. The Hall–Kier alpha value is -0.650. The quantitative estimate of drug-likeness (QED) is 0.571. The van der Waals surface area contributed by atoms with E-state index in [0.717, 1.165) is 44.9 Å². The maximum atomic E-state index is 11.5. The highest BCUT2D eigenvalue weighted by Gasteiger charge is 2.65. The molecular formula is C24H40O5. The first-order valence-electron chi connectivity index (χ1n) is 11.8. The molecule has 0 heterocycles. The van der Waals surface area contributed by atoms with Crippen molar-refractivity contribution in [2.45, 2.75) is 96.9 Å². The van der Waals surface area contributed by atoms with Gasteiger partial charge in [0.25, 0.3) is 0 Å². The maximum absolute atomic E-state index is 11.5. The van der Waals surface area contributed by atoms with Gasteiger partial charge in [-0.2, -0.15) is 0 Å².